The Labute approximate surface area is 151 Å². The van der Waals surface area contributed by atoms with E-state index in [0.29, 0.717) is 10.4 Å². The smallest absolute Gasteiger partial charge is 0.207 e. The molecule has 0 amide bonds. The molecule has 3 aromatic heterocycles. The SMILES string of the molecule is O=C1/C(=C\c2ccc(-n3ccc4ccccc43)s2)C(=O)c2sccc21. The number of Topliss-reactive ketones (excluding diaryl/α,β-unsaturated/α-hetero) is 2. The van der Waals surface area contributed by atoms with Crippen LogP contribution in [0, 0.1) is 0 Å². The lowest BCUT2D eigenvalue weighted by Crippen LogP contribution is -1.99. The molecular formula is C20H11NO2S2. The Balaban J connectivity index is 1.55. The maximum absolute atomic E-state index is 12.4. The lowest BCUT2D eigenvalue weighted by Gasteiger charge is -2.00. The van der Waals surface area contributed by atoms with Gasteiger partial charge in [-0.25, -0.2) is 0 Å². The van der Waals surface area contributed by atoms with Gasteiger partial charge in [0.15, 0.2) is 5.78 Å². The fraction of sp³-hybridized carbons (Fsp3) is 0. The zero-order valence-corrected chi connectivity index (χ0v) is 14.6. The summed E-state index contributed by atoms with van der Waals surface area (Å²) in [5.74, 6) is -0.320. The second kappa shape index (κ2) is 5.37. The number of benzene rings is 1. The molecule has 0 bridgehead atoms. The molecule has 0 N–H and O–H groups in total. The number of ketones is 2. The first-order valence-corrected chi connectivity index (χ1v) is 9.47. The summed E-state index contributed by atoms with van der Waals surface area (Å²) in [5, 5.41) is 4.03. The maximum atomic E-state index is 12.4. The van der Waals surface area contributed by atoms with Gasteiger partial charge in [-0.2, -0.15) is 0 Å². The fourth-order valence-electron chi connectivity index (χ4n) is 3.13. The van der Waals surface area contributed by atoms with Crippen LogP contribution in [0.2, 0.25) is 0 Å². The van der Waals surface area contributed by atoms with E-state index < -0.39 is 0 Å². The summed E-state index contributed by atoms with van der Waals surface area (Å²) < 4.78 is 2.12. The molecule has 0 fully saturated rings. The highest BCUT2D eigenvalue weighted by Gasteiger charge is 2.34. The van der Waals surface area contributed by atoms with E-state index in [1.807, 2.05) is 30.5 Å². The molecular weight excluding hydrogens is 350 g/mol. The molecule has 0 saturated heterocycles. The zero-order valence-electron chi connectivity index (χ0n) is 12.9. The van der Waals surface area contributed by atoms with E-state index in [9.17, 15) is 9.59 Å². The van der Waals surface area contributed by atoms with E-state index in [1.165, 1.54) is 16.7 Å². The van der Waals surface area contributed by atoms with Crippen LogP contribution in [0.15, 0.2) is 65.7 Å². The van der Waals surface area contributed by atoms with Crippen LogP contribution >= 0.6 is 22.7 Å². The van der Waals surface area contributed by atoms with Crippen LogP contribution in [-0.4, -0.2) is 16.1 Å². The average molecular weight is 361 g/mol. The molecule has 0 spiro atoms. The average Bonchev–Trinajstić information content (AvgIpc) is 3.38. The highest BCUT2D eigenvalue weighted by atomic mass is 32.1. The minimum Gasteiger partial charge on any atom is -0.308 e. The van der Waals surface area contributed by atoms with Crippen molar-refractivity contribution in [2.24, 2.45) is 0 Å². The van der Waals surface area contributed by atoms with Crippen LogP contribution in [0.3, 0.4) is 0 Å². The van der Waals surface area contributed by atoms with Gasteiger partial charge < -0.3 is 4.57 Å². The number of carbonyl (C=O) groups is 2. The van der Waals surface area contributed by atoms with Crippen molar-refractivity contribution in [1.82, 2.24) is 4.57 Å². The first kappa shape index (κ1) is 14.6. The van der Waals surface area contributed by atoms with Gasteiger partial charge in [-0.15, -0.1) is 22.7 Å². The van der Waals surface area contributed by atoms with Crippen LogP contribution in [0.4, 0.5) is 0 Å². The predicted octanol–water partition coefficient (Wildman–Crippen LogP) is 5.22. The van der Waals surface area contributed by atoms with Crippen molar-refractivity contribution in [3.63, 3.8) is 0 Å². The van der Waals surface area contributed by atoms with Gasteiger partial charge in [-0.1, -0.05) is 18.2 Å². The largest absolute Gasteiger partial charge is 0.308 e. The van der Waals surface area contributed by atoms with E-state index in [4.69, 9.17) is 0 Å². The minimum absolute atomic E-state index is 0.156. The molecule has 0 unspecified atom stereocenters. The van der Waals surface area contributed by atoms with Crippen molar-refractivity contribution in [3.8, 4) is 5.00 Å². The molecule has 0 radical (unpaired) electrons. The second-order valence-electron chi connectivity index (χ2n) is 5.80. The van der Waals surface area contributed by atoms with Gasteiger partial charge in [0.2, 0.25) is 5.78 Å². The number of fused-ring (bicyclic) bond motifs is 2. The number of allylic oxidation sites excluding steroid dienone is 1. The second-order valence-corrected chi connectivity index (χ2v) is 7.81. The number of rotatable bonds is 2. The van der Waals surface area contributed by atoms with Crippen LogP contribution < -0.4 is 0 Å². The quantitative estimate of drug-likeness (QED) is 0.363. The molecule has 120 valence electrons. The molecule has 25 heavy (non-hydrogen) atoms. The highest BCUT2D eigenvalue weighted by molar-refractivity contribution is 7.15. The molecule has 1 aliphatic rings. The molecule has 3 heterocycles. The molecule has 4 aromatic rings. The van der Waals surface area contributed by atoms with E-state index in [0.717, 1.165) is 15.4 Å². The number of aromatic nitrogens is 1. The standard InChI is InChI=1S/C20H11NO2S2/c22-18-14-8-10-24-20(14)19(23)15(18)11-13-5-6-17(25-13)21-9-7-12-3-1-2-4-16(12)21/h1-11H/b15-11+. The van der Waals surface area contributed by atoms with Gasteiger partial charge in [0, 0.05) is 16.6 Å². The van der Waals surface area contributed by atoms with Gasteiger partial charge in [0.1, 0.15) is 5.00 Å². The van der Waals surface area contributed by atoms with Gasteiger partial charge >= 0.3 is 0 Å². The van der Waals surface area contributed by atoms with Crippen LogP contribution in [-0.2, 0) is 0 Å². The lowest BCUT2D eigenvalue weighted by atomic mass is 10.1. The van der Waals surface area contributed by atoms with Crippen LogP contribution in [0.25, 0.3) is 22.0 Å². The third kappa shape index (κ3) is 2.17. The summed E-state index contributed by atoms with van der Waals surface area (Å²) in [7, 11) is 0. The molecule has 3 nitrogen and oxygen atoms in total. The number of para-hydroxylation sites is 1. The molecule has 5 heteroatoms. The number of thiophene rings is 2. The highest BCUT2D eigenvalue weighted by Crippen LogP contribution is 2.33. The van der Waals surface area contributed by atoms with Gasteiger partial charge in [-0.05, 0) is 47.2 Å². The summed E-state index contributed by atoms with van der Waals surface area (Å²) >= 11 is 2.89. The zero-order chi connectivity index (χ0) is 17.0. The lowest BCUT2D eigenvalue weighted by molar-refractivity contribution is 0.0991. The predicted molar refractivity (Wildman–Crippen MR) is 102 cm³/mol. The van der Waals surface area contributed by atoms with Gasteiger partial charge in [-0.3, -0.25) is 9.59 Å². The van der Waals surface area contributed by atoms with E-state index in [1.54, 1.807) is 28.9 Å². The molecule has 5 rings (SSSR count). The van der Waals surface area contributed by atoms with E-state index >= 15 is 0 Å². The Hall–Kier alpha value is -2.76. The molecule has 0 aliphatic heterocycles. The molecule has 1 aliphatic carbocycles. The summed E-state index contributed by atoms with van der Waals surface area (Å²) in [5.41, 5.74) is 1.95. The third-order valence-electron chi connectivity index (χ3n) is 4.34. The topological polar surface area (TPSA) is 39.1 Å². The van der Waals surface area contributed by atoms with Crippen LogP contribution in [0.5, 0.6) is 0 Å². The van der Waals surface area contributed by atoms with Crippen molar-refractivity contribution in [1.29, 1.82) is 0 Å². The van der Waals surface area contributed by atoms with E-state index in [-0.39, 0.29) is 17.1 Å². The monoisotopic (exact) mass is 361 g/mol. The third-order valence-corrected chi connectivity index (χ3v) is 6.29. The Morgan fingerprint density at radius 2 is 1.80 bits per heavy atom. The number of hydrogen-bond donors (Lipinski definition) is 0. The molecule has 1 aromatic carbocycles. The molecule has 0 saturated carbocycles. The summed E-state index contributed by atoms with van der Waals surface area (Å²) in [4.78, 5) is 26.3. The number of hydrogen-bond acceptors (Lipinski definition) is 4. The van der Waals surface area contributed by atoms with E-state index in [2.05, 4.69) is 22.8 Å². The Morgan fingerprint density at radius 1 is 0.920 bits per heavy atom. The van der Waals surface area contributed by atoms with Gasteiger partial charge in [0.25, 0.3) is 0 Å². The minimum atomic E-state index is -0.164. The Kier molecular flexibility index (Phi) is 3.13. The van der Waals surface area contributed by atoms with Crippen molar-refractivity contribution >= 4 is 51.2 Å². The summed E-state index contributed by atoms with van der Waals surface area (Å²) in [6, 6.07) is 16.0. The number of carbonyl (C=O) groups excluding carboxylic acids is 2. The van der Waals surface area contributed by atoms with Crippen LogP contribution in [0.1, 0.15) is 24.9 Å². The first-order chi connectivity index (χ1) is 12.2. The Bertz CT molecular complexity index is 1160. The summed E-state index contributed by atoms with van der Waals surface area (Å²) in [6.45, 7) is 0. The molecule has 0 atom stereocenters. The maximum Gasteiger partial charge on any atom is 0.207 e. The number of nitrogens with zero attached hydrogens (tertiary/aromatic N) is 1. The van der Waals surface area contributed by atoms with Crippen molar-refractivity contribution in [2.75, 3.05) is 0 Å². The van der Waals surface area contributed by atoms with Gasteiger partial charge in [0.05, 0.1) is 16.0 Å². The fourth-order valence-corrected chi connectivity index (χ4v) is 4.93. The first-order valence-electron chi connectivity index (χ1n) is 7.77. The van der Waals surface area contributed by atoms with Crippen molar-refractivity contribution in [3.05, 3.63) is 81.0 Å². The normalized spacial score (nSPS) is 15.4. The Morgan fingerprint density at radius 3 is 2.68 bits per heavy atom. The summed E-state index contributed by atoms with van der Waals surface area (Å²) in [6.07, 6.45) is 3.76. The van der Waals surface area contributed by atoms with Crippen molar-refractivity contribution < 1.29 is 9.59 Å². The van der Waals surface area contributed by atoms with Crippen molar-refractivity contribution in [2.45, 2.75) is 0 Å².